The van der Waals surface area contributed by atoms with Crippen molar-refractivity contribution >= 4 is 10.8 Å². The van der Waals surface area contributed by atoms with Gasteiger partial charge in [-0.1, -0.05) is 19.4 Å². The van der Waals surface area contributed by atoms with Crippen LogP contribution in [0.15, 0.2) is 30.3 Å². The molecular formula is C24H18F8O3. The van der Waals surface area contributed by atoms with E-state index in [0.717, 1.165) is 25.0 Å². The molecule has 4 rings (SSSR count). The number of alkyl halides is 2. The van der Waals surface area contributed by atoms with Crippen LogP contribution in [0.3, 0.4) is 0 Å². The van der Waals surface area contributed by atoms with Crippen LogP contribution in [0.5, 0.6) is 5.75 Å². The molecular weight excluding hydrogens is 488 g/mol. The third-order valence-corrected chi connectivity index (χ3v) is 5.59. The number of hydrogen-bond donors (Lipinski definition) is 0. The van der Waals surface area contributed by atoms with E-state index in [1.807, 2.05) is 6.92 Å². The second-order valence-corrected chi connectivity index (χ2v) is 8.09. The van der Waals surface area contributed by atoms with Gasteiger partial charge in [0.05, 0.1) is 18.6 Å². The molecule has 0 aliphatic carbocycles. The lowest BCUT2D eigenvalue weighted by atomic mass is 10.0. The zero-order valence-corrected chi connectivity index (χ0v) is 18.1. The van der Waals surface area contributed by atoms with Gasteiger partial charge in [-0.15, -0.1) is 0 Å². The Kier molecular flexibility index (Phi) is 6.92. The van der Waals surface area contributed by atoms with Crippen molar-refractivity contribution in [1.29, 1.82) is 0 Å². The third kappa shape index (κ3) is 4.79. The normalized spacial score (nSPS) is 18.8. The smallest absolute Gasteiger partial charge is 0.429 e. The minimum absolute atomic E-state index is 0.0786. The quantitative estimate of drug-likeness (QED) is 0.260. The van der Waals surface area contributed by atoms with Crippen LogP contribution in [0.2, 0.25) is 0 Å². The van der Waals surface area contributed by atoms with E-state index >= 15 is 4.39 Å². The highest BCUT2D eigenvalue weighted by Crippen LogP contribution is 2.39. The van der Waals surface area contributed by atoms with E-state index in [0.29, 0.717) is 6.07 Å². The minimum Gasteiger partial charge on any atom is -0.429 e. The monoisotopic (exact) mass is 506 g/mol. The SMILES string of the molecule is CCCC1COC(c2cc3ccc(C(F)(F)Oc4cc(F)c(F)c(F)c4)c(F)c3c(F)c2F)OC1. The van der Waals surface area contributed by atoms with Gasteiger partial charge in [0.25, 0.3) is 0 Å². The van der Waals surface area contributed by atoms with Gasteiger partial charge in [0, 0.05) is 23.6 Å². The summed E-state index contributed by atoms with van der Waals surface area (Å²) in [7, 11) is 0. The third-order valence-electron chi connectivity index (χ3n) is 5.59. The highest BCUT2D eigenvalue weighted by molar-refractivity contribution is 5.85. The highest BCUT2D eigenvalue weighted by Gasteiger charge is 2.40. The van der Waals surface area contributed by atoms with Gasteiger partial charge < -0.3 is 14.2 Å². The molecule has 1 aliphatic heterocycles. The lowest BCUT2D eigenvalue weighted by Gasteiger charge is -2.30. The summed E-state index contributed by atoms with van der Waals surface area (Å²) in [6.07, 6.45) is -4.16. The van der Waals surface area contributed by atoms with E-state index in [1.54, 1.807) is 0 Å². The molecule has 0 amide bonds. The summed E-state index contributed by atoms with van der Waals surface area (Å²) in [4.78, 5) is 0. The zero-order chi connectivity index (χ0) is 25.5. The fourth-order valence-corrected chi connectivity index (χ4v) is 3.89. The summed E-state index contributed by atoms with van der Waals surface area (Å²) < 4.78 is 129. The van der Waals surface area contributed by atoms with Crippen LogP contribution in [0.4, 0.5) is 35.1 Å². The summed E-state index contributed by atoms with van der Waals surface area (Å²) in [6.45, 7) is 2.44. The van der Waals surface area contributed by atoms with E-state index in [-0.39, 0.29) is 42.2 Å². The van der Waals surface area contributed by atoms with Crippen LogP contribution in [0, 0.1) is 40.8 Å². The van der Waals surface area contributed by atoms with Crippen molar-refractivity contribution in [3.63, 3.8) is 0 Å². The molecule has 188 valence electrons. The summed E-state index contributed by atoms with van der Waals surface area (Å²) in [5.74, 6) is -11.8. The van der Waals surface area contributed by atoms with Gasteiger partial charge in [-0.05, 0) is 23.9 Å². The first kappa shape index (κ1) is 25.2. The molecule has 3 nitrogen and oxygen atoms in total. The molecule has 11 heteroatoms. The van der Waals surface area contributed by atoms with E-state index in [2.05, 4.69) is 4.74 Å². The topological polar surface area (TPSA) is 27.7 Å². The van der Waals surface area contributed by atoms with E-state index in [9.17, 15) is 30.7 Å². The fraction of sp³-hybridized carbons (Fsp3) is 0.333. The van der Waals surface area contributed by atoms with Crippen LogP contribution >= 0.6 is 0 Å². The van der Waals surface area contributed by atoms with Crippen LogP contribution in [-0.2, 0) is 15.6 Å². The Hall–Kier alpha value is -2.92. The Labute approximate surface area is 194 Å². The average Bonchev–Trinajstić information content (AvgIpc) is 2.80. The molecule has 1 saturated heterocycles. The largest absolute Gasteiger partial charge is 0.429 e. The van der Waals surface area contributed by atoms with Crippen molar-refractivity contribution in [2.75, 3.05) is 13.2 Å². The number of fused-ring (bicyclic) bond motifs is 1. The molecule has 0 N–H and O–H groups in total. The standard InChI is InChI=1S/C24H18F8O3/c1-2-3-11-9-33-23(34-10-11)14-6-12-4-5-15(20(28)18(12)22(30)19(14)27)24(31,32)35-13-7-16(25)21(29)17(26)8-13/h4-8,11,23H,2-3,9-10H2,1H3. The van der Waals surface area contributed by atoms with Crippen molar-refractivity contribution in [2.24, 2.45) is 5.92 Å². The summed E-state index contributed by atoms with van der Waals surface area (Å²) in [5.41, 5.74) is -1.90. The van der Waals surface area contributed by atoms with Gasteiger partial charge in [0.15, 0.2) is 35.4 Å². The van der Waals surface area contributed by atoms with Gasteiger partial charge in [-0.25, -0.2) is 26.3 Å². The van der Waals surface area contributed by atoms with Crippen LogP contribution < -0.4 is 4.74 Å². The lowest BCUT2D eigenvalue weighted by molar-refractivity contribution is -0.207. The number of rotatable bonds is 6. The van der Waals surface area contributed by atoms with Gasteiger partial charge in [0.2, 0.25) is 0 Å². The fourth-order valence-electron chi connectivity index (χ4n) is 3.89. The highest BCUT2D eigenvalue weighted by atomic mass is 19.3. The summed E-state index contributed by atoms with van der Waals surface area (Å²) in [5, 5.41) is -1.36. The summed E-state index contributed by atoms with van der Waals surface area (Å²) >= 11 is 0. The second kappa shape index (κ2) is 9.62. The van der Waals surface area contributed by atoms with Crippen molar-refractivity contribution in [3.05, 3.63) is 76.4 Å². The van der Waals surface area contributed by atoms with Gasteiger partial charge in [-0.3, -0.25) is 0 Å². The molecule has 3 aromatic rings. The molecule has 0 atom stereocenters. The first-order valence-corrected chi connectivity index (χ1v) is 10.6. The van der Waals surface area contributed by atoms with E-state index in [1.165, 1.54) is 0 Å². The predicted octanol–water partition coefficient (Wildman–Crippen LogP) is 7.26. The number of ether oxygens (including phenoxy) is 3. The van der Waals surface area contributed by atoms with Crippen molar-refractivity contribution in [2.45, 2.75) is 32.2 Å². The molecule has 0 radical (unpaired) electrons. The molecule has 0 unspecified atom stereocenters. The predicted molar refractivity (Wildman–Crippen MR) is 108 cm³/mol. The molecule has 1 heterocycles. The van der Waals surface area contributed by atoms with E-state index in [4.69, 9.17) is 9.47 Å². The van der Waals surface area contributed by atoms with Crippen LogP contribution in [-0.4, -0.2) is 13.2 Å². The Morgan fingerprint density at radius 1 is 0.857 bits per heavy atom. The van der Waals surface area contributed by atoms with Gasteiger partial charge in [-0.2, -0.15) is 8.78 Å². The maximum Gasteiger partial charge on any atom is 0.429 e. The van der Waals surface area contributed by atoms with Gasteiger partial charge in [0.1, 0.15) is 17.1 Å². The molecule has 35 heavy (non-hydrogen) atoms. The first-order chi connectivity index (χ1) is 16.5. The second-order valence-electron chi connectivity index (χ2n) is 8.09. The number of benzene rings is 3. The maximum absolute atomic E-state index is 15.0. The van der Waals surface area contributed by atoms with E-state index < -0.39 is 64.0 Å². The Balaban J connectivity index is 1.68. The van der Waals surface area contributed by atoms with Crippen LogP contribution in [0.1, 0.15) is 37.2 Å². The van der Waals surface area contributed by atoms with Crippen LogP contribution in [0.25, 0.3) is 10.8 Å². The zero-order valence-electron chi connectivity index (χ0n) is 18.1. The number of halogens is 8. The Bertz CT molecular complexity index is 1230. The average molecular weight is 506 g/mol. The molecule has 0 bridgehead atoms. The lowest BCUT2D eigenvalue weighted by Crippen LogP contribution is -2.27. The van der Waals surface area contributed by atoms with Crippen molar-refractivity contribution < 1.29 is 49.3 Å². The molecule has 3 aromatic carbocycles. The van der Waals surface area contributed by atoms with Gasteiger partial charge >= 0.3 is 6.11 Å². The molecule has 1 aliphatic rings. The minimum atomic E-state index is -4.58. The van der Waals surface area contributed by atoms with Crippen molar-refractivity contribution in [1.82, 2.24) is 0 Å². The molecule has 0 saturated carbocycles. The molecule has 1 fully saturated rings. The number of hydrogen-bond acceptors (Lipinski definition) is 3. The van der Waals surface area contributed by atoms with Crippen molar-refractivity contribution in [3.8, 4) is 5.75 Å². The Morgan fingerprint density at radius 3 is 2.09 bits per heavy atom. The first-order valence-electron chi connectivity index (χ1n) is 10.6. The Morgan fingerprint density at radius 2 is 1.49 bits per heavy atom. The molecule has 0 spiro atoms. The maximum atomic E-state index is 15.0. The summed E-state index contributed by atoms with van der Waals surface area (Å²) in [6, 6.07) is 2.73. The molecule has 0 aromatic heterocycles.